The van der Waals surface area contributed by atoms with Crippen LogP contribution in [0.25, 0.3) is 0 Å². The van der Waals surface area contributed by atoms with Gasteiger partial charge in [0.1, 0.15) is 5.15 Å². The first-order valence-electron chi connectivity index (χ1n) is 5.36. The second-order valence-electron chi connectivity index (χ2n) is 5.10. The van der Waals surface area contributed by atoms with Gasteiger partial charge in [-0.15, -0.1) is 0 Å². The van der Waals surface area contributed by atoms with Crippen LogP contribution in [-0.2, 0) is 6.54 Å². The van der Waals surface area contributed by atoms with Crippen molar-refractivity contribution in [2.24, 2.45) is 5.41 Å². The number of pyridine rings is 1. The molecule has 1 heterocycles. The monoisotopic (exact) mass is 261 g/mol. The summed E-state index contributed by atoms with van der Waals surface area (Å²) in [6.45, 7) is 9.58. The summed E-state index contributed by atoms with van der Waals surface area (Å²) in [6, 6.07) is 4.15. The largest absolute Gasteiger partial charge is 0.319 e. The van der Waals surface area contributed by atoms with Crippen molar-refractivity contribution < 1.29 is 11.6 Å². The van der Waals surface area contributed by atoms with Gasteiger partial charge in [0.15, 0.2) is 11.6 Å². The van der Waals surface area contributed by atoms with E-state index in [2.05, 4.69) is 38.0 Å². The van der Waals surface area contributed by atoms with Gasteiger partial charge in [0.25, 0.3) is 0 Å². The van der Waals surface area contributed by atoms with Crippen molar-refractivity contribution in [3.63, 3.8) is 0 Å². The number of halogens is 2. The zero-order chi connectivity index (χ0) is 12.3. The zero-order valence-electron chi connectivity index (χ0n) is 10.2. The SMILES string of the molecule is CC(NCc1cc(Cl)nc([ClH+])c1)C(C)(C)C. The predicted molar refractivity (Wildman–Crippen MR) is 65.6 cm³/mol. The Hall–Kier alpha value is -0.310. The minimum absolute atomic E-state index is 0.244. The van der Waals surface area contributed by atoms with Crippen LogP contribution in [0.1, 0.15) is 33.3 Å². The van der Waals surface area contributed by atoms with Gasteiger partial charge in [0.05, 0.1) is 0 Å². The molecule has 0 saturated carbocycles. The van der Waals surface area contributed by atoms with Crippen LogP contribution >= 0.6 is 11.6 Å². The molecule has 0 aromatic carbocycles. The third-order valence-electron chi connectivity index (χ3n) is 2.74. The van der Waals surface area contributed by atoms with Crippen molar-refractivity contribution in [1.29, 1.82) is 0 Å². The lowest BCUT2D eigenvalue weighted by molar-refractivity contribution is -0.296. The molecule has 1 atom stereocenters. The first-order valence-corrected chi connectivity index (χ1v) is 6.14. The predicted octanol–water partition coefficient (Wildman–Crippen LogP) is 2.96. The van der Waals surface area contributed by atoms with E-state index in [9.17, 15) is 0 Å². The van der Waals surface area contributed by atoms with E-state index in [1.165, 1.54) is 0 Å². The van der Waals surface area contributed by atoms with E-state index < -0.39 is 0 Å². The summed E-state index contributed by atoms with van der Waals surface area (Å²) in [7, 11) is 0. The smallest absolute Gasteiger partial charge is 0.310 e. The lowest BCUT2D eigenvalue weighted by atomic mass is 9.88. The van der Waals surface area contributed by atoms with Crippen LogP contribution in [0, 0.1) is 17.0 Å². The minimum Gasteiger partial charge on any atom is -0.310 e. The molecule has 1 aromatic heterocycles. The highest BCUT2D eigenvalue weighted by atomic mass is 35.5. The molecular weight excluding hydrogens is 243 g/mol. The molecule has 0 amide bonds. The second-order valence-corrected chi connectivity index (χ2v) is 5.91. The van der Waals surface area contributed by atoms with E-state index in [4.69, 9.17) is 23.2 Å². The van der Waals surface area contributed by atoms with Crippen molar-refractivity contribution in [2.45, 2.75) is 40.3 Å². The molecule has 0 saturated heterocycles. The molecule has 2 nitrogen and oxygen atoms in total. The Bertz CT molecular complexity index is 338. The lowest BCUT2D eigenvalue weighted by Crippen LogP contribution is -2.37. The molecule has 4 heteroatoms. The van der Waals surface area contributed by atoms with E-state index >= 15 is 0 Å². The number of nitrogens with one attached hydrogen (secondary N) is 1. The van der Waals surface area contributed by atoms with Crippen LogP contribution < -0.4 is 5.32 Å². The van der Waals surface area contributed by atoms with Gasteiger partial charge in [-0.25, -0.2) is 0 Å². The number of rotatable bonds is 3. The Morgan fingerprint density at radius 3 is 2.56 bits per heavy atom. The number of hydrogen-bond donors (Lipinski definition) is 1. The Balaban J connectivity index is 2.61. The van der Waals surface area contributed by atoms with Gasteiger partial charge in [0.2, 0.25) is 0 Å². The van der Waals surface area contributed by atoms with Gasteiger partial charge in [-0.1, -0.05) is 32.4 Å². The molecule has 0 aliphatic heterocycles. The summed E-state index contributed by atoms with van der Waals surface area (Å²) in [6.07, 6.45) is 0. The summed E-state index contributed by atoms with van der Waals surface area (Å²) in [5.41, 5.74) is 1.33. The Kier molecular flexibility index (Phi) is 4.60. The summed E-state index contributed by atoms with van der Waals surface area (Å²) < 4.78 is 0. The van der Waals surface area contributed by atoms with E-state index in [1.54, 1.807) is 0 Å². The highest BCUT2D eigenvalue weighted by Crippen LogP contribution is 2.19. The van der Waals surface area contributed by atoms with Crippen LogP contribution in [0.2, 0.25) is 10.3 Å². The van der Waals surface area contributed by atoms with Gasteiger partial charge in [-0.3, -0.25) is 0 Å². The van der Waals surface area contributed by atoms with Gasteiger partial charge >= 0.3 is 5.15 Å². The molecule has 1 rings (SSSR count). The molecule has 0 radical (unpaired) electrons. The van der Waals surface area contributed by atoms with Gasteiger partial charge < -0.3 is 5.32 Å². The molecule has 0 bridgehead atoms. The molecular formula is C12H19Cl2N2+. The van der Waals surface area contributed by atoms with Crippen LogP contribution in [-0.4, -0.2) is 11.0 Å². The van der Waals surface area contributed by atoms with Crippen LogP contribution in [0.4, 0.5) is 0 Å². The number of hydrogen-bond acceptors (Lipinski definition) is 2. The van der Waals surface area contributed by atoms with Gasteiger partial charge in [-0.2, -0.15) is 4.98 Å². The summed E-state index contributed by atoms with van der Waals surface area (Å²) in [5, 5.41) is 4.47. The Labute approximate surface area is 107 Å². The Morgan fingerprint density at radius 2 is 2.06 bits per heavy atom. The van der Waals surface area contributed by atoms with Crippen molar-refractivity contribution in [3.8, 4) is 0 Å². The number of nitrogens with zero attached hydrogens (tertiary/aromatic N) is 1. The molecule has 1 aromatic rings. The van der Waals surface area contributed by atoms with Crippen LogP contribution in [0.15, 0.2) is 12.1 Å². The molecule has 90 valence electrons. The van der Waals surface area contributed by atoms with Crippen LogP contribution in [0.5, 0.6) is 0 Å². The number of aromatic nitrogens is 1. The molecule has 0 fully saturated rings. The fourth-order valence-electron chi connectivity index (χ4n) is 1.20. The van der Waals surface area contributed by atoms with Crippen molar-refractivity contribution >= 4 is 11.6 Å². The molecule has 16 heavy (non-hydrogen) atoms. The highest BCUT2D eigenvalue weighted by Gasteiger charge is 2.19. The zero-order valence-corrected chi connectivity index (χ0v) is 11.7. The molecule has 0 aliphatic carbocycles. The molecule has 1 N–H and O–H groups in total. The molecule has 0 spiro atoms. The maximum Gasteiger partial charge on any atom is 0.319 e. The fraction of sp³-hybridized carbons (Fsp3) is 0.583. The lowest BCUT2D eigenvalue weighted by Gasteiger charge is -2.28. The topological polar surface area (TPSA) is 24.9 Å². The van der Waals surface area contributed by atoms with Gasteiger partial charge in [-0.05, 0) is 24.0 Å². The van der Waals surface area contributed by atoms with E-state index in [0.717, 1.165) is 12.1 Å². The average molecular weight is 262 g/mol. The second kappa shape index (κ2) is 5.35. The van der Waals surface area contributed by atoms with Gasteiger partial charge in [0, 0.05) is 18.7 Å². The normalized spacial score (nSPS) is 13.9. The quantitative estimate of drug-likeness (QED) is 0.847. The Morgan fingerprint density at radius 1 is 1.44 bits per heavy atom. The molecule has 0 aliphatic rings. The van der Waals surface area contributed by atoms with Crippen molar-refractivity contribution in [3.05, 3.63) is 28.0 Å². The standard InChI is InChI=1S/C12H19Cl2N2/c1-8(12(2,3)4)15-7-9-5-10(13)16-11(14)6-9/h5-6,8,13,15H,7H2,1-4H3/q+1. The van der Waals surface area contributed by atoms with E-state index in [1.807, 2.05) is 12.1 Å². The maximum atomic E-state index is 5.85. The maximum absolute atomic E-state index is 5.85. The first-order chi connectivity index (χ1) is 7.29. The highest BCUT2D eigenvalue weighted by molar-refractivity contribution is 6.29. The van der Waals surface area contributed by atoms with Crippen molar-refractivity contribution in [1.82, 2.24) is 10.3 Å². The first kappa shape index (κ1) is 13.8. The van der Waals surface area contributed by atoms with Crippen LogP contribution in [0.3, 0.4) is 0 Å². The van der Waals surface area contributed by atoms with E-state index in [-0.39, 0.29) is 5.41 Å². The third-order valence-corrected chi connectivity index (χ3v) is 3.14. The van der Waals surface area contributed by atoms with Crippen molar-refractivity contribution in [2.75, 3.05) is 0 Å². The summed E-state index contributed by atoms with van der Waals surface area (Å²) in [4.78, 5) is 3.96. The third kappa shape index (κ3) is 4.28. The summed E-state index contributed by atoms with van der Waals surface area (Å²) in [5.74, 6) is 0. The summed E-state index contributed by atoms with van der Waals surface area (Å²) >= 11 is 10.9. The minimum atomic E-state index is 0.244. The fourth-order valence-corrected chi connectivity index (χ4v) is 1.73. The van der Waals surface area contributed by atoms with E-state index in [0.29, 0.717) is 16.3 Å². The average Bonchev–Trinajstić information content (AvgIpc) is 2.11. The molecule has 1 unspecified atom stereocenters.